The fourth-order valence-corrected chi connectivity index (χ4v) is 2.17. The predicted octanol–water partition coefficient (Wildman–Crippen LogP) is 3.46. The van der Waals surface area contributed by atoms with Gasteiger partial charge < -0.3 is 10.1 Å². The Kier molecular flexibility index (Phi) is 4.24. The first-order valence-corrected chi connectivity index (χ1v) is 6.73. The highest BCUT2D eigenvalue weighted by Gasteiger charge is 2.24. The summed E-state index contributed by atoms with van der Waals surface area (Å²) in [5.41, 5.74) is 1.51. The van der Waals surface area contributed by atoms with Crippen molar-refractivity contribution in [3.05, 3.63) is 29.8 Å². The zero-order valence-electron chi connectivity index (χ0n) is 11.1. The average Bonchev–Trinajstić information content (AvgIpc) is 3.13. The van der Waals surface area contributed by atoms with Gasteiger partial charge in [0, 0.05) is 11.7 Å². The SMILES string of the molecule is CCOC(=O)c1ccccc1NC(C)CC1CC1. The van der Waals surface area contributed by atoms with Crippen LogP contribution in [0.3, 0.4) is 0 Å². The quantitative estimate of drug-likeness (QED) is 0.782. The van der Waals surface area contributed by atoms with E-state index in [9.17, 15) is 4.79 Å². The highest BCUT2D eigenvalue weighted by Crippen LogP contribution is 2.34. The molecule has 1 aliphatic carbocycles. The predicted molar refractivity (Wildman–Crippen MR) is 72.8 cm³/mol. The number of carbonyl (C=O) groups excluding carboxylic acids is 1. The number of benzene rings is 1. The largest absolute Gasteiger partial charge is 0.462 e. The van der Waals surface area contributed by atoms with E-state index in [2.05, 4.69) is 12.2 Å². The van der Waals surface area contributed by atoms with Crippen molar-refractivity contribution in [1.29, 1.82) is 0 Å². The first kappa shape index (κ1) is 12.9. The number of ether oxygens (including phenoxy) is 1. The molecule has 0 radical (unpaired) electrons. The molecule has 0 heterocycles. The van der Waals surface area contributed by atoms with Crippen molar-refractivity contribution < 1.29 is 9.53 Å². The van der Waals surface area contributed by atoms with E-state index >= 15 is 0 Å². The molecular weight excluding hydrogens is 226 g/mol. The molecule has 0 aliphatic heterocycles. The van der Waals surface area contributed by atoms with Crippen LogP contribution in [-0.2, 0) is 4.74 Å². The van der Waals surface area contributed by atoms with E-state index < -0.39 is 0 Å². The van der Waals surface area contributed by atoms with Crippen molar-refractivity contribution in [3.63, 3.8) is 0 Å². The lowest BCUT2D eigenvalue weighted by atomic mass is 10.1. The molecule has 0 bridgehead atoms. The van der Waals surface area contributed by atoms with E-state index in [1.54, 1.807) is 0 Å². The van der Waals surface area contributed by atoms with Crippen molar-refractivity contribution >= 4 is 11.7 Å². The second-order valence-electron chi connectivity index (χ2n) is 4.99. The van der Waals surface area contributed by atoms with Gasteiger partial charge in [0.25, 0.3) is 0 Å². The molecule has 3 nitrogen and oxygen atoms in total. The first-order valence-electron chi connectivity index (χ1n) is 6.73. The molecule has 1 unspecified atom stereocenters. The lowest BCUT2D eigenvalue weighted by Gasteiger charge is -2.17. The zero-order valence-corrected chi connectivity index (χ0v) is 11.1. The van der Waals surface area contributed by atoms with Gasteiger partial charge in [-0.15, -0.1) is 0 Å². The van der Waals surface area contributed by atoms with Gasteiger partial charge in [0.2, 0.25) is 0 Å². The lowest BCUT2D eigenvalue weighted by Crippen LogP contribution is -2.18. The van der Waals surface area contributed by atoms with E-state index in [4.69, 9.17) is 4.74 Å². The van der Waals surface area contributed by atoms with E-state index in [0.29, 0.717) is 18.2 Å². The number of rotatable bonds is 6. The van der Waals surface area contributed by atoms with Gasteiger partial charge in [-0.1, -0.05) is 25.0 Å². The summed E-state index contributed by atoms with van der Waals surface area (Å²) in [6, 6.07) is 7.95. The third-order valence-corrected chi connectivity index (χ3v) is 3.21. The van der Waals surface area contributed by atoms with Crippen LogP contribution in [0.4, 0.5) is 5.69 Å². The zero-order chi connectivity index (χ0) is 13.0. The molecule has 3 heteroatoms. The molecular formula is C15H21NO2. The fraction of sp³-hybridized carbons (Fsp3) is 0.533. The minimum absolute atomic E-state index is 0.251. The van der Waals surface area contributed by atoms with Gasteiger partial charge in [-0.05, 0) is 38.3 Å². The summed E-state index contributed by atoms with van der Waals surface area (Å²) in [5.74, 6) is 0.626. The highest BCUT2D eigenvalue weighted by atomic mass is 16.5. The Balaban J connectivity index is 2.03. The van der Waals surface area contributed by atoms with Crippen LogP contribution in [0, 0.1) is 5.92 Å². The van der Waals surface area contributed by atoms with E-state index in [-0.39, 0.29) is 5.97 Å². The van der Waals surface area contributed by atoms with Gasteiger partial charge in [-0.3, -0.25) is 0 Å². The summed E-state index contributed by atoms with van der Waals surface area (Å²) in [4.78, 5) is 11.8. The maximum atomic E-state index is 11.8. The molecule has 1 aromatic carbocycles. The van der Waals surface area contributed by atoms with Crippen LogP contribution in [0.2, 0.25) is 0 Å². The number of hydrogen-bond acceptors (Lipinski definition) is 3. The second kappa shape index (κ2) is 5.89. The fourth-order valence-electron chi connectivity index (χ4n) is 2.17. The number of para-hydroxylation sites is 1. The Morgan fingerprint density at radius 3 is 2.83 bits per heavy atom. The highest BCUT2D eigenvalue weighted by molar-refractivity contribution is 5.95. The van der Waals surface area contributed by atoms with Gasteiger partial charge in [-0.25, -0.2) is 4.79 Å². The van der Waals surface area contributed by atoms with Crippen molar-refractivity contribution in [2.75, 3.05) is 11.9 Å². The standard InChI is InChI=1S/C15H21NO2/c1-3-18-15(17)13-6-4-5-7-14(13)16-11(2)10-12-8-9-12/h4-7,11-12,16H,3,8-10H2,1-2H3. The van der Waals surface area contributed by atoms with Gasteiger partial charge in [0.15, 0.2) is 0 Å². The van der Waals surface area contributed by atoms with E-state index in [0.717, 1.165) is 11.6 Å². The normalized spacial score (nSPS) is 16.1. The minimum atomic E-state index is -0.251. The summed E-state index contributed by atoms with van der Waals surface area (Å²) < 4.78 is 5.06. The Hall–Kier alpha value is -1.51. The third kappa shape index (κ3) is 3.49. The summed E-state index contributed by atoms with van der Waals surface area (Å²) in [5, 5.41) is 3.42. The van der Waals surface area contributed by atoms with Crippen molar-refractivity contribution in [2.24, 2.45) is 5.92 Å². The van der Waals surface area contributed by atoms with E-state index in [1.165, 1.54) is 19.3 Å². The topological polar surface area (TPSA) is 38.3 Å². The molecule has 1 atom stereocenters. The molecule has 0 spiro atoms. The van der Waals surface area contributed by atoms with Crippen molar-refractivity contribution in [3.8, 4) is 0 Å². The van der Waals surface area contributed by atoms with Crippen LogP contribution in [0.1, 0.15) is 43.5 Å². The van der Waals surface area contributed by atoms with Gasteiger partial charge in [0.1, 0.15) is 0 Å². The Labute approximate surface area is 109 Å². The molecule has 1 fully saturated rings. The monoisotopic (exact) mass is 247 g/mol. The number of esters is 1. The summed E-state index contributed by atoms with van der Waals surface area (Å²) in [6.45, 7) is 4.40. The third-order valence-electron chi connectivity index (χ3n) is 3.21. The summed E-state index contributed by atoms with van der Waals surface area (Å²) in [6.07, 6.45) is 3.88. The minimum Gasteiger partial charge on any atom is -0.462 e. The van der Waals surface area contributed by atoms with Crippen LogP contribution >= 0.6 is 0 Å². The molecule has 98 valence electrons. The van der Waals surface area contributed by atoms with Crippen LogP contribution in [-0.4, -0.2) is 18.6 Å². The number of nitrogens with one attached hydrogen (secondary N) is 1. The summed E-state index contributed by atoms with van der Waals surface area (Å²) in [7, 11) is 0. The smallest absolute Gasteiger partial charge is 0.340 e. The second-order valence-corrected chi connectivity index (χ2v) is 4.99. The van der Waals surface area contributed by atoms with Crippen LogP contribution in [0.5, 0.6) is 0 Å². The molecule has 0 saturated heterocycles. The molecule has 1 saturated carbocycles. The first-order chi connectivity index (χ1) is 8.70. The Morgan fingerprint density at radius 1 is 1.44 bits per heavy atom. The summed E-state index contributed by atoms with van der Waals surface area (Å²) >= 11 is 0. The molecule has 0 amide bonds. The number of hydrogen-bond donors (Lipinski definition) is 1. The van der Waals surface area contributed by atoms with Gasteiger partial charge in [-0.2, -0.15) is 0 Å². The molecule has 1 aliphatic rings. The van der Waals surface area contributed by atoms with Crippen molar-refractivity contribution in [2.45, 2.75) is 39.2 Å². The molecule has 1 aromatic rings. The Bertz CT molecular complexity index is 413. The van der Waals surface area contributed by atoms with Crippen LogP contribution in [0.15, 0.2) is 24.3 Å². The van der Waals surface area contributed by atoms with E-state index in [1.807, 2.05) is 31.2 Å². The van der Waals surface area contributed by atoms with Crippen LogP contribution in [0.25, 0.3) is 0 Å². The molecule has 2 rings (SSSR count). The number of anilines is 1. The van der Waals surface area contributed by atoms with Crippen LogP contribution < -0.4 is 5.32 Å². The lowest BCUT2D eigenvalue weighted by molar-refractivity contribution is 0.0527. The molecule has 1 N–H and O–H groups in total. The number of carbonyl (C=O) groups is 1. The van der Waals surface area contributed by atoms with Gasteiger partial charge in [0.05, 0.1) is 12.2 Å². The molecule has 18 heavy (non-hydrogen) atoms. The Morgan fingerprint density at radius 2 is 2.17 bits per heavy atom. The van der Waals surface area contributed by atoms with Crippen molar-refractivity contribution in [1.82, 2.24) is 0 Å². The molecule has 0 aromatic heterocycles. The van der Waals surface area contributed by atoms with Gasteiger partial charge >= 0.3 is 5.97 Å². The maximum Gasteiger partial charge on any atom is 0.340 e. The maximum absolute atomic E-state index is 11.8. The average molecular weight is 247 g/mol.